The van der Waals surface area contributed by atoms with Gasteiger partial charge in [-0.25, -0.2) is 8.42 Å². The Hall–Kier alpha value is -1.30. The molecule has 0 spiro atoms. The Balaban J connectivity index is 2.13. The minimum atomic E-state index is -2.96. The molecule has 2 heterocycles. The summed E-state index contributed by atoms with van der Waals surface area (Å²) in [7, 11) is -2.96. The van der Waals surface area contributed by atoms with E-state index in [0.717, 1.165) is 17.9 Å². The van der Waals surface area contributed by atoms with Gasteiger partial charge >= 0.3 is 0 Å². The molecule has 1 aromatic rings. The zero-order valence-corrected chi connectivity index (χ0v) is 12.4. The highest BCUT2D eigenvalue weighted by Gasteiger charge is 2.29. The van der Waals surface area contributed by atoms with Crippen LogP contribution in [0.5, 0.6) is 0 Å². The molecule has 0 unspecified atom stereocenters. The van der Waals surface area contributed by atoms with E-state index in [-0.39, 0.29) is 23.5 Å². The number of nitrogens with one attached hydrogen (secondary N) is 1. The van der Waals surface area contributed by atoms with Gasteiger partial charge in [0.15, 0.2) is 9.84 Å². The van der Waals surface area contributed by atoms with E-state index < -0.39 is 9.84 Å². The fourth-order valence-corrected chi connectivity index (χ4v) is 4.36. The van der Waals surface area contributed by atoms with Crippen LogP contribution in [0, 0.1) is 13.8 Å². The van der Waals surface area contributed by atoms with Crippen molar-refractivity contribution in [3.05, 3.63) is 23.0 Å². The van der Waals surface area contributed by atoms with Crippen LogP contribution in [0.2, 0.25) is 0 Å². The largest absolute Gasteiger partial charge is 0.349 e. The Morgan fingerprint density at radius 2 is 2.16 bits per heavy atom. The average Bonchev–Trinajstić information content (AvgIpc) is 2.79. The lowest BCUT2D eigenvalue weighted by molar-refractivity contribution is 0.0940. The van der Waals surface area contributed by atoms with E-state index in [4.69, 9.17) is 0 Å². The van der Waals surface area contributed by atoms with Crippen LogP contribution >= 0.6 is 0 Å². The van der Waals surface area contributed by atoms with E-state index in [0.29, 0.717) is 12.0 Å². The van der Waals surface area contributed by atoms with E-state index in [1.165, 1.54) is 0 Å². The Bertz CT molecular complexity index is 602. The van der Waals surface area contributed by atoms with Crippen molar-refractivity contribution in [3.63, 3.8) is 0 Å². The van der Waals surface area contributed by atoms with Gasteiger partial charge in [0.1, 0.15) is 0 Å². The van der Waals surface area contributed by atoms with Crippen LogP contribution in [0.1, 0.15) is 35.1 Å². The first-order valence-electron chi connectivity index (χ1n) is 6.52. The van der Waals surface area contributed by atoms with E-state index in [1.807, 2.05) is 26.8 Å². The molecule has 1 amide bonds. The van der Waals surface area contributed by atoms with Gasteiger partial charge in [-0.1, -0.05) is 0 Å². The van der Waals surface area contributed by atoms with Crippen LogP contribution in [-0.4, -0.2) is 36.4 Å². The summed E-state index contributed by atoms with van der Waals surface area (Å²) in [6, 6.07) is 1.61. The minimum Gasteiger partial charge on any atom is -0.349 e. The molecule has 1 aromatic heterocycles. The van der Waals surface area contributed by atoms with Crippen molar-refractivity contribution in [1.82, 2.24) is 9.88 Å². The van der Waals surface area contributed by atoms with Gasteiger partial charge in [-0.05, 0) is 33.3 Å². The van der Waals surface area contributed by atoms with Crippen molar-refractivity contribution in [2.75, 3.05) is 11.5 Å². The molecule has 19 heavy (non-hydrogen) atoms. The second-order valence-electron chi connectivity index (χ2n) is 5.10. The van der Waals surface area contributed by atoms with Crippen LogP contribution in [0.15, 0.2) is 6.07 Å². The molecule has 2 rings (SSSR count). The molecule has 0 radical (unpaired) electrons. The van der Waals surface area contributed by atoms with E-state index in [9.17, 15) is 13.2 Å². The number of hydrogen-bond acceptors (Lipinski definition) is 3. The fraction of sp³-hybridized carbons (Fsp3) is 0.615. The molecular formula is C13H20N2O3S. The van der Waals surface area contributed by atoms with Gasteiger partial charge < -0.3 is 9.88 Å². The number of carbonyl (C=O) groups is 1. The van der Waals surface area contributed by atoms with Gasteiger partial charge in [-0.15, -0.1) is 0 Å². The number of rotatable bonds is 3. The lowest BCUT2D eigenvalue weighted by atomic mass is 10.2. The van der Waals surface area contributed by atoms with Crippen LogP contribution in [0.25, 0.3) is 0 Å². The molecule has 1 saturated heterocycles. The summed E-state index contributed by atoms with van der Waals surface area (Å²) in [4.78, 5) is 12.2. The zero-order valence-electron chi connectivity index (χ0n) is 11.6. The summed E-state index contributed by atoms with van der Waals surface area (Å²) < 4.78 is 24.8. The quantitative estimate of drug-likeness (QED) is 0.902. The Morgan fingerprint density at radius 1 is 1.47 bits per heavy atom. The maximum atomic E-state index is 12.2. The normalized spacial score (nSPS) is 21.5. The van der Waals surface area contributed by atoms with Crippen molar-refractivity contribution in [2.24, 2.45) is 0 Å². The first kappa shape index (κ1) is 14.1. The molecule has 1 aliphatic heterocycles. The van der Waals surface area contributed by atoms with Crippen molar-refractivity contribution in [2.45, 2.75) is 39.8 Å². The van der Waals surface area contributed by atoms with Crippen molar-refractivity contribution >= 4 is 15.7 Å². The van der Waals surface area contributed by atoms with E-state index in [1.54, 1.807) is 0 Å². The highest BCUT2D eigenvalue weighted by atomic mass is 32.2. The Kier molecular flexibility index (Phi) is 3.71. The number of aromatic nitrogens is 1. The number of nitrogens with zero attached hydrogens (tertiary/aromatic N) is 1. The van der Waals surface area contributed by atoms with Crippen LogP contribution in [0.3, 0.4) is 0 Å². The summed E-state index contributed by atoms with van der Waals surface area (Å²) >= 11 is 0. The van der Waals surface area contributed by atoms with Crippen molar-refractivity contribution < 1.29 is 13.2 Å². The predicted molar refractivity (Wildman–Crippen MR) is 74.1 cm³/mol. The number of hydrogen-bond donors (Lipinski definition) is 1. The molecule has 106 valence electrons. The summed E-state index contributed by atoms with van der Waals surface area (Å²) in [5, 5.41) is 2.82. The monoisotopic (exact) mass is 284 g/mol. The third-order valence-electron chi connectivity index (χ3n) is 3.70. The van der Waals surface area contributed by atoms with Crippen molar-refractivity contribution in [1.29, 1.82) is 0 Å². The maximum absolute atomic E-state index is 12.2. The Labute approximate surface area is 113 Å². The van der Waals surface area contributed by atoms with Crippen molar-refractivity contribution in [3.8, 4) is 0 Å². The standard InChI is InChI=1S/C13H20N2O3S/c1-4-15-9(2)7-12(10(15)3)13(16)14-11-5-6-19(17,18)8-11/h7,11H,4-6,8H2,1-3H3,(H,14,16)/t11-/m0/s1. The van der Waals surface area contributed by atoms with Gasteiger partial charge in [-0.2, -0.15) is 0 Å². The SMILES string of the molecule is CCn1c(C)cc(C(=O)N[C@H]2CCS(=O)(=O)C2)c1C. The van der Waals surface area contributed by atoms with Crippen LogP contribution in [-0.2, 0) is 16.4 Å². The molecular weight excluding hydrogens is 264 g/mol. The first-order chi connectivity index (χ1) is 8.84. The molecule has 1 atom stereocenters. The predicted octanol–water partition coefficient (Wildman–Crippen LogP) is 1.04. The third-order valence-corrected chi connectivity index (χ3v) is 5.47. The summed E-state index contributed by atoms with van der Waals surface area (Å²) in [5.41, 5.74) is 2.62. The lowest BCUT2D eigenvalue weighted by Gasteiger charge is -2.11. The van der Waals surface area contributed by atoms with Gasteiger partial charge in [0.25, 0.3) is 5.91 Å². The topological polar surface area (TPSA) is 68.2 Å². The zero-order chi connectivity index (χ0) is 14.2. The first-order valence-corrected chi connectivity index (χ1v) is 8.34. The summed E-state index contributed by atoms with van der Waals surface area (Å²) in [6.07, 6.45) is 0.514. The molecule has 1 aliphatic rings. The molecule has 0 saturated carbocycles. The van der Waals surface area contributed by atoms with E-state index in [2.05, 4.69) is 9.88 Å². The maximum Gasteiger partial charge on any atom is 0.253 e. The van der Waals surface area contributed by atoms with E-state index >= 15 is 0 Å². The lowest BCUT2D eigenvalue weighted by Crippen LogP contribution is -2.35. The highest BCUT2D eigenvalue weighted by molar-refractivity contribution is 7.91. The third kappa shape index (κ3) is 2.83. The molecule has 1 fully saturated rings. The molecule has 0 aliphatic carbocycles. The highest BCUT2D eigenvalue weighted by Crippen LogP contribution is 2.17. The molecule has 1 N–H and O–H groups in total. The van der Waals surface area contributed by atoms with Gasteiger partial charge in [0.2, 0.25) is 0 Å². The second kappa shape index (κ2) is 5.00. The van der Waals surface area contributed by atoms with Crippen LogP contribution in [0.4, 0.5) is 0 Å². The number of amides is 1. The van der Waals surface area contributed by atoms with Gasteiger partial charge in [0, 0.05) is 24.0 Å². The molecule has 0 bridgehead atoms. The molecule has 0 aromatic carbocycles. The molecule has 5 nitrogen and oxygen atoms in total. The van der Waals surface area contributed by atoms with Gasteiger partial charge in [-0.3, -0.25) is 4.79 Å². The number of sulfone groups is 1. The second-order valence-corrected chi connectivity index (χ2v) is 7.33. The summed E-state index contributed by atoms with van der Waals surface area (Å²) in [6.45, 7) is 6.73. The number of carbonyl (C=O) groups excluding carboxylic acids is 1. The smallest absolute Gasteiger partial charge is 0.253 e. The van der Waals surface area contributed by atoms with Crippen LogP contribution < -0.4 is 5.32 Å². The average molecular weight is 284 g/mol. The minimum absolute atomic E-state index is 0.0608. The number of aryl methyl sites for hydroxylation is 1. The molecule has 6 heteroatoms. The fourth-order valence-electron chi connectivity index (χ4n) is 2.69. The Morgan fingerprint density at radius 3 is 2.63 bits per heavy atom. The van der Waals surface area contributed by atoms with Gasteiger partial charge in [0.05, 0.1) is 17.1 Å². The summed E-state index contributed by atoms with van der Waals surface area (Å²) in [5.74, 6) is 0.0619.